The Balaban J connectivity index is 1.10. The monoisotopic (exact) mass is 643 g/mol. The van der Waals surface area contributed by atoms with Gasteiger partial charge in [-0.1, -0.05) is 133 Å². The topological polar surface area (TPSA) is 38.7 Å². The van der Waals surface area contributed by atoms with Gasteiger partial charge in [-0.05, 0) is 106 Å². The van der Waals surface area contributed by atoms with Crippen molar-refractivity contribution < 1.29 is 0 Å². The van der Waals surface area contributed by atoms with Gasteiger partial charge in [0.1, 0.15) is 0 Å². The average molecular weight is 644 g/mol. The minimum Gasteiger partial charge on any atom is -0.208 e. The maximum absolute atomic E-state index is 5.23. The highest BCUT2D eigenvalue weighted by atomic mass is 15.0. The van der Waals surface area contributed by atoms with E-state index in [0.717, 1.165) is 34.4 Å². The Morgan fingerprint density at radius 1 is 0.420 bits per heavy atom. The second-order valence-electron chi connectivity index (χ2n) is 15.3. The summed E-state index contributed by atoms with van der Waals surface area (Å²) in [7, 11) is 0. The molecule has 3 nitrogen and oxygen atoms in total. The lowest BCUT2D eigenvalue weighted by Gasteiger charge is -2.61. The maximum Gasteiger partial charge on any atom is 0.164 e. The molecule has 4 saturated carbocycles. The van der Waals surface area contributed by atoms with Crippen LogP contribution in [0.3, 0.4) is 0 Å². The largest absolute Gasteiger partial charge is 0.208 e. The summed E-state index contributed by atoms with van der Waals surface area (Å²) in [5.74, 6) is 5.31. The second-order valence-corrected chi connectivity index (χ2v) is 15.3. The van der Waals surface area contributed by atoms with E-state index in [1.807, 2.05) is 6.07 Å². The van der Waals surface area contributed by atoms with Crippen molar-refractivity contribution in [1.82, 2.24) is 15.0 Å². The summed E-state index contributed by atoms with van der Waals surface area (Å²) in [6, 6.07) is 50.5. The van der Waals surface area contributed by atoms with Crippen molar-refractivity contribution in [3.63, 3.8) is 0 Å². The zero-order valence-corrected chi connectivity index (χ0v) is 28.0. The molecule has 0 aliphatic heterocycles. The van der Waals surface area contributed by atoms with E-state index in [9.17, 15) is 0 Å². The van der Waals surface area contributed by atoms with Gasteiger partial charge >= 0.3 is 0 Å². The molecule has 3 heteroatoms. The van der Waals surface area contributed by atoms with Gasteiger partial charge in [0.05, 0.1) is 0 Å². The molecular formula is C47H37N3. The first-order valence-corrected chi connectivity index (χ1v) is 18.4. The predicted molar refractivity (Wildman–Crippen MR) is 202 cm³/mol. The van der Waals surface area contributed by atoms with Gasteiger partial charge < -0.3 is 0 Å². The Kier molecular flexibility index (Phi) is 6.14. The van der Waals surface area contributed by atoms with Crippen molar-refractivity contribution in [2.24, 2.45) is 23.7 Å². The summed E-state index contributed by atoms with van der Waals surface area (Å²) in [6.45, 7) is 0. The predicted octanol–water partition coefficient (Wildman–Crippen LogP) is 11.4. The normalized spacial score (nSPS) is 24.1. The lowest BCUT2D eigenvalue weighted by Crippen LogP contribution is -2.55. The van der Waals surface area contributed by atoms with Crippen molar-refractivity contribution in [2.75, 3.05) is 0 Å². The molecule has 5 aliphatic rings. The molecular weight excluding hydrogens is 607 g/mol. The molecule has 7 aromatic rings. The third-order valence-electron chi connectivity index (χ3n) is 12.7. The molecule has 1 heterocycles. The van der Waals surface area contributed by atoms with Crippen molar-refractivity contribution in [2.45, 2.75) is 37.5 Å². The highest BCUT2D eigenvalue weighted by Crippen LogP contribution is 2.70. The number of fused-ring (bicyclic) bond motifs is 5. The van der Waals surface area contributed by atoms with Crippen LogP contribution in [-0.2, 0) is 5.41 Å². The molecule has 12 rings (SSSR count). The zero-order valence-electron chi connectivity index (χ0n) is 28.0. The van der Waals surface area contributed by atoms with Crippen molar-refractivity contribution >= 4 is 10.8 Å². The summed E-state index contributed by atoms with van der Waals surface area (Å²) in [5, 5.41) is 2.72. The van der Waals surface area contributed by atoms with Crippen LogP contribution < -0.4 is 0 Å². The highest BCUT2D eigenvalue weighted by Gasteiger charge is 2.61. The Bertz CT molecular complexity index is 2400. The van der Waals surface area contributed by atoms with Crippen LogP contribution in [0.25, 0.3) is 67.2 Å². The molecule has 0 radical (unpaired) electrons. The van der Waals surface area contributed by atoms with Crippen LogP contribution in [0.1, 0.15) is 43.2 Å². The molecule has 0 atom stereocenters. The van der Waals surface area contributed by atoms with Crippen molar-refractivity contribution in [3.05, 3.63) is 151 Å². The molecule has 4 bridgehead atoms. The first-order valence-electron chi connectivity index (χ1n) is 18.4. The van der Waals surface area contributed by atoms with Gasteiger partial charge in [-0.2, -0.15) is 0 Å². The van der Waals surface area contributed by atoms with Crippen LogP contribution in [0.2, 0.25) is 0 Å². The van der Waals surface area contributed by atoms with Gasteiger partial charge in [-0.3, -0.25) is 0 Å². The summed E-state index contributed by atoms with van der Waals surface area (Å²) >= 11 is 0. The first-order chi connectivity index (χ1) is 24.7. The minimum atomic E-state index is 0.0590. The van der Waals surface area contributed by atoms with Crippen LogP contribution in [0, 0.1) is 23.7 Å². The highest BCUT2D eigenvalue weighted by molar-refractivity contribution is 6.03. The van der Waals surface area contributed by atoms with E-state index < -0.39 is 0 Å². The Morgan fingerprint density at radius 2 is 0.940 bits per heavy atom. The minimum absolute atomic E-state index is 0.0590. The smallest absolute Gasteiger partial charge is 0.164 e. The van der Waals surface area contributed by atoms with Crippen molar-refractivity contribution in [3.8, 4) is 56.4 Å². The molecule has 1 aromatic heterocycles. The second kappa shape index (κ2) is 10.8. The van der Waals surface area contributed by atoms with E-state index in [1.54, 1.807) is 5.56 Å². The third kappa shape index (κ3) is 4.13. The number of rotatable bonds is 4. The van der Waals surface area contributed by atoms with Crippen molar-refractivity contribution in [1.29, 1.82) is 0 Å². The summed E-state index contributed by atoms with van der Waals surface area (Å²) in [4.78, 5) is 15.5. The average Bonchev–Trinajstić information content (AvgIpc) is 3.48. The number of aromatic nitrogens is 3. The lowest BCUT2D eigenvalue weighted by molar-refractivity contribution is -0.0399. The molecule has 1 spiro atoms. The van der Waals surface area contributed by atoms with Gasteiger partial charge in [0.2, 0.25) is 0 Å². The zero-order chi connectivity index (χ0) is 32.8. The quantitative estimate of drug-likeness (QED) is 0.192. The standard InChI is InChI=1S/C47H37N3/c1-3-9-31(10-4-1)32-15-17-35(18-16-32)45-48-44(34-12-5-2-6-13-34)49-46(50-45)36-19-21-40-42(28-36)47(37-24-29-23-30(26-37)27-38(47)25-29)41-22-20-33-11-7-8-14-39(33)43(40)41/h1-22,28-30,37-38H,23-27H2. The maximum atomic E-state index is 5.23. The number of nitrogens with zero attached hydrogens (tertiary/aromatic N) is 3. The fourth-order valence-electron chi connectivity index (χ4n) is 10.9. The molecule has 240 valence electrons. The molecule has 0 N–H and O–H groups in total. The molecule has 4 fully saturated rings. The van der Waals surface area contributed by atoms with Crippen LogP contribution in [0.15, 0.2) is 140 Å². The fourth-order valence-corrected chi connectivity index (χ4v) is 10.9. The van der Waals surface area contributed by atoms with Crippen LogP contribution in [0.5, 0.6) is 0 Å². The lowest BCUT2D eigenvalue weighted by atomic mass is 9.43. The fraction of sp³-hybridized carbons (Fsp3) is 0.213. The molecule has 0 amide bonds. The van der Waals surface area contributed by atoms with Gasteiger partial charge in [-0.15, -0.1) is 0 Å². The van der Waals surface area contributed by atoms with Gasteiger partial charge in [0.15, 0.2) is 17.5 Å². The molecule has 6 aromatic carbocycles. The Hall–Kier alpha value is -5.41. The van der Waals surface area contributed by atoms with E-state index in [1.165, 1.54) is 70.7 Å². The van der Waals surface area contributed by atoms with Crippen LogP contribution in [0.4, 0.5) is 0 Å². The summed E-state index contributed by atoms with van der Waals surface area (Å²) in [6.07, 6.45) is 6.88. The van der Waals surface area contributed by atoms with E-state index in [4.69, 9.17) is 15.0 Å². The van der Waals surface area contributed by atoms with Crippen LogP contribution >= 0.6 is 0 Å². The van der Waals surface area contributed by atoms with Crippen LogP contribution in [-0.4, -0.2) is 15.0 Å². The van der Waals surface area contributed by atoms with Gasteiger partial charge in [0, 0.05) is 22.1 Å². The van der Waals surface area contributed by atoms with Gasteiger partial charge in [-0.25, -0.2) is 15.0 Å². The molecule has 0 saturated heterocycles. The summed E-state index contributed by atoms with van der Waals surface area (Å²) < 4.78 is 0. The Labute approximate surface area is 293 Å². The van der Waals surface area contributed by atoms with E-state index in [0.29, 0.717) is 23.5 Å². The molecule has 50 heavy (non-hydrogen) atoms. The third-order valence-corrected chi connectivity index (χ3v) is 12.7. The van der Waals surface area contributed by atoms with E-state index in [-0.39, 0.29) is 5.41 Å². The SMILES string of the molecule is c1ccc(-c2ccc(-c3nc(-c4ccccc4)nc(-c4ccc5c(c4)C4(c6ccc7ccccc7c6-5)C5CC6CC(C5)CC4C6)n3)cc2)cc1. The molecule has 5 aliphatic carbocycles. The van der Waals surface area contributed by atoms with E-state index in [2.05, 4.69) is 133 Å². The first kappa shape index (κ1) is 28.4. The number of hydrogen-bond donors (Lipinski definition) is 0. The number of benzene rings is 6. The Morgan fingerprint density at radius 3 is 1.62 bits per heavy atom. The van der Waals surface area contributed by atoms with E-state index >= 15 is 0 Å². The number of hydrogen-bond acceptors (Lipinski definition) is 3. The molecule has 0 unspecified atom stereocenters. The summed E-state index contributed by atoms with van der Waals surface area (Å²) in [5.41, 5.74) is 11.5. The van der Waals surface area contributed by atoms with Gasteiger partial charge in [0.25, 0.3) is 0 Å².